The third kappa shape index (κ3) is 5.88. The summed E-state index contributed by atoms with van der Waals surface area (Å²) >= 11 is 0. The van der Waals surface area contributed by atoms with Crippen LogP contribution in [0.4, 0.5) is 5.69 Å². The van der Waals surface area contributed by atoms with Gasteiger partial charge in [-0.1, -0.05) is 25.1 Å². The predicted octanol–water partition coefficient (Wildman–Crippen LogP) is -2.63. The molecule has 1 aliphatic carbocycles. The molecule has 0 unspecified atom stereocenters. The Morgan fingerprint density at radius 1 is 0.885 bits per heavy atom. The fourth-order valence-corrected chi connectivity index (χ4v) is 9.33. The average Bonchev–Trinajstić information content (AvgIpc) is 3.52. The van der Waals surface area contributed by atoms with E-state index in [2.05, 4.69) is 11.4 Å². The van der Waals surface area contributed by atoms with Gasteiger partial charge in [0, 0.05) is 28.3 Å². The zero-order valence-electron chi connectivity index (χ0n) is 29.3. The van der Waals surface area contributed by atoms with Gasteiger partial charge in [-0.15, -0.1) is 0 Å². The Labute approximate surface area is 314 Å². The fourth-order valence-electron chi connectivity index (χ4n) is 9.33. The molecular formula is C39H42Cl2N4O7. The molecule has 0 aromatic heterocycles. The van der Waals surface area contributed by atoms with E-state index in [9.17, 15) is 29.4 Å². The van der Waals surface area contributed by atoms with Crippen molar-refractivity contribution < 1.29 is 67.9 Å². The van der Waals surface area contributed by atoms with Crippen LogP contribution in [-0.2, 0) is 20.9 Å². The second-order valence-electron chi connectivity index (χ2n) is 14.9. The summed E-state index contributed by atoms with van der Waals surface area (Å²) in [7, 11) is 1.62. The molecule has 4 saturated heterocycles. The molecule has 4 fully saturated rings. The Hall–Kier alpha value is -4.26. The number of halogens is 2. The maximum Gasteiger partial charge on any atom is 0.352 e. The van der Waals surface area contributed by atoms with Gasteiger partial charge < -0.3 is 58.9 Å². The van der Waals surface area contributed by atoms with E-state index in [1.807, 2.05) is 49.4 Å². The number of quaternary nitrogens is 2. The Morgan fingerprint density at radius 2 is 1.52 bits per heavy atom. The van der Waals surface area contributed by atoms with Crippen molar-refractivity contribution in [3.8, 4) is 16.9 Å². The van der Waals surface area contributed by atoms with Crippen molar-refractivity contribution in [3.63, 3.8) is 0 Å². The third-order valence-electron chi connectivity index (χ3n) is 12.1. The minimum absolute atomic E-state index is 0. The lowest BCUT2D eigenvalue weighted by Gasteiger charge is -2.55. The summed E-state index contributed by atoms with van der Waals surface area (Å²) in [5.74, 6) is -1.75. The molecule has 5 heterocycles. The number of hydrogen-bond donors (Lipinski definition) is 3. The van der Waals surface area contributed by atoms with Crippen molar-refractivity contribution in [1.29, 1.82) is 0 Å². The highest BCUT2D eigenvalue weighted by molar-refractivity contribution is 6.22. The maximum atomic E-state index is 13.7. The molecule has 52 heavy (non-hydrogen) atoms. The van der Waals surface area contributed by atoms with Gasteiger partial charge in [-0.3, -0.25) is 14.4 Å². The summed E-state index contributed by atoms with van der Waals surface area (Å²) in [4.78, 5) is 53.4. The number of rotatable bonds is 9. The van der Waals surface area contributed by atoms with E-state index in [4.69, 9.17) is 4.74 Å². The number of nitrogens with one attached hydrogen (secondary N) is 1. The SMILES string of the molecule is COc1ccc(NC(=O)C[N+]23CC[N+](Cc4ccc5c(c4)C(=O)c4ccc(C6=C(C(=O)O)N7C(=O)[C@H]([C@@H](C)O)[C@H]7[C@H]6C)cc4-5)(CC2)CC3)cc1.[Cl-].[Cl-]. The van der Waals surface area contributed by atoms with Crippen LogP contribution < -0.4 is 34.9 Å². The van der Waals surface area contributed by atoms with Gasteiger partial charge in [0.15, 0.2) is 12.3 Å². The molecule has 274 valence electrons. The number of ketones is 1. The molecule has 11 nitrogen and oxygen atoms in total. The number of anilines is 1. The second kappa shape index (κ2) is 13.6. The number of β-lactam (4-membered cyclic amide) rings is 1. The second-order valence-corrected chi connectivity index (χ2v) is 14.9. The number of ether oxygens (including phenoxy) is 1. The highest BCUT2D eigenvalue weighted by Crippen LogP contribution is 2.51. The Bertz CT molecular complexity index is 1990. The first-order valence-electron chi connectivity index (χ1n) is 17.4. The van der Waals surface area contributed by atoms with E-state index in [0.29, 0.717) is 28.8 Å². The molecule has 9 rings (SSSR count). The summed E-state index contributed by atoms with van der Waals surface area (Å²) in [6, 6.07) is 18.6. The smallest absolute Gasteiger partial charge is 0.352 e. The molecule has 0 radical (unpaired) electrons. The molecule has 5 aliphatic heterocycles. The number of piperazine rings is 3. The molecule has 13 heteroatoms. The molecule has 0 saturated carbocycles. The number of carbonyl (C=O) groups excluding carboxylic acids is 3. The fraction of sp³-hybridized carbons (Fsp3) is 0.385. The van der Waals surface area contributed by atoms with Gasteiger partial charge in [0.1, 0.15) is 57.3 Å². The van der Waals surface area contributed by atoms with Gasteiger partial charge in [-0.2, -0.15) is 0 Å². The third-order valence-corrected chi connectivity index (χ3v) is 12.1. The van der Waals surface area contributed by atoms with Crippen molar-refractivity contribution in [3.05, 3.63) is 88.6 Å². The van der Waals surface area contributed by atoms with E-state index in [0.717, 1.165) is 82.9 Å². The number of nitrogens with zero attached hydrogens (tertiary/aromatic N) is 3. The quantitative estimate of drug-likeness (QED) is 0.126. The van der Waals surface area contributed by atoms with Gasteiger partial charge in [-0.25, -0.2) is 4.79 Å². The van der Waals surface area contributed by atoms with Crippen LogP contribution in [0.25, 0.3) is 16.7 Å². The standard InChI is InChI=1S/C39H40N4O7.2ClH/c1-22-33(36(39(48)49)41-35(22)34(23(2)44)38(41)47)25-5-11-29-30(19-25)28-10-4-24(18-31(28)37(29)46)20-42-12-15-43(16-13-42,17-14-42)21-32(45)40-26-6-8-27(50-3)9-7-26;;/h4-11,18-19,22-23,34-35,44H,12-17,20-21H2,1-3H3;2*1H/t22-,23+,34+,35+,42?,43?;;/m0../s1. The topological polar surface area (TPSA) is 133 Å². The first-order valence-corrected chi connectivity index (χ1v) is 17.4. The van der Waals surface area contributed by atoms with E-state index >= 15 is 0 Å². The largest absolute Gasteiger partial charge is 1.00 e. The van der Waals surface area contributed by atoms with Crippen LogP contribution in [0.2, 0.25) is 0 Å². The van der Waals surface area contributed by atoms with Crippen LogP contribution in [-0.4, -0.2) is 113 Å². The average molecular weight is 750 g/mol. The molecule has 3 aromatic carbocycles. The normalized spacial score (nSPS) is 27.1. The van der Waals surface area contributed by atoms with Crippen molar-refractivity contribution >= 4 is 34.8 Å². The summed E-state index contributed by atoms with van der Waals surface area (Å²) in [6.07, 6.45) is -0.876. The number of aliphatic hydroxyl groups is 1. The van der Waals surface area contributed by atoms with Gasteiger partial charge in [0.05, 0.1) is 25.2 Å². The van der Waals surface area contributed by atoms with Gasteiger partial charge in [0.25, 0.3) is 5.91 Å². The lowest BCUT2D eigenvalue weighted by Crippen LogP contribution is -3.00. The zero-order valence-corrected chi connectivity index (χ0v) is 30.8. The Balaban J connectivity index is 0.00000232. The van der Waals surface area contributed by atoms with Crippen LogP contribution in [0.1, 0.15) is 40.9 Å². The molecule has 2 bridgehead atoms. The zero-order chi connectivity index (χ0) is 35.1. The van der Waals surface area contributed by atoms with Crippen molar-refractivity contribution in [2.45, 2.75) is 32.5 Å². The van der Waals surface area contributed by atoms with E-state index in [1.165, 1.54) is 4.90 Å². The molecule has 2 amide bonds. The van der Waals surface area contributed by atoms with Crippen LogP contribution in [0.15, 0.2) is 66.4 Å². The lowest BCUT2D eigenvalue weighted by atomic mass is 9.76. The molecule has 3 aromatic rings. The number of aliphatic hydroxyl groups excluding tert-OH is 1. The minimum Gasteiger partial charge on any atom is -1.00 e. The van der Waals surface area contributed by atoms with Gasteiger partial charge >= 0.3 is 5.97 Å². The van der Waals surface area contributed by atoms with Crippen LogP contribution in [0.5, 0.6) is 5.75 Å². The first-order chi connectivity index (χ1) is 23.9. The number of hydrogen-bond acceptors (Lipinski definition) is 6. The summed E-state index contributed by atoms with van der Waals surface area (Å²) in [6.45, 7) is 10.5. The molecule has 4 atom stereocenters. The highest BCUT2D eigenvalue weighted by Gasteiger charge is 2.60. The van der Waals surface area contributed by atoms with Crippen LogP contribution in [0, 0.1) is 11.8 Å². The Kier molecular flexibility index (Phi) is 9.82. The minimum atomic E-state index is -1.18. The maximum absolute atomic E-state index is 13.7. The highest BCUT2D eigenvalue weighted by atomic mass is 35.5. The number of carboxylic acids is 1. The molecule has 6 aliphatic rings. The molecular weight excluding hydrogens is 707 g/mol. The summed E-state index contributed by atoms with van der Waals surface area (Å²) in [5.41, 5.74) is 5.89. The van der Waals surface area contributed by atoms with E-state index < -0.39 is 24.0 Å². The van der Waals surface area contributed by atoms with E-state index in [1.54, 1.807) is 26.2 Å². The number of aliphatic carboxylic acids is 1. The van der Waals surface area contributed by atoms with Gasteiger partial charge in [0.2, 0.25) is 5.91 Å². The number of amides is 2. The Morgan fingerprint density at radius 3 is 2.13 bits per heavy atom. The number of carbonyl (C=O) groups is 4. The van der Waals surface area contributed by atoms with Crippen molar-refractivity contribution in [2.75, 3.05) is 58.2 Å². The summed E-state index contributed by atoms with van der Waals surface area (Å²) in [5, 5.41) is 23.4. The first kappa shape index (κ1) is 37.5. The predicted molar refractivity (Wildman–Crippen MR) is 185 cm³/mol. The summed E-state index contributed by atoms with van der Waals surface area (Å²) < 4.78 is 6.95. The van der Waals surface area contributed by atoms with Crippen molar-refractivity contribution in [1.82, 2.24) is 4.90 Å². The number of benzene rings is 3. The van der Waals surface area contributed by atoms with Crippen LogP contribution in [0.3, 0.4) is 0 Å². The monoisotopic (exact) mass is 748 g/mol. The van der Waals surface area contributed by atoms with Gasteiger partial charge in [-0.05, 0) is 71.7 Å². The lowest BCUT2D eigenvalue weighted by molar-refractivity contribution is -1.08. The number of carboxylic acid groups (broad SMARTS) is 1. The molecule has 0 spiro atoms. The number of fused-ring (bicyclic) bond motifs is 7. The van der Waals surface area contributed by atoms with E-state index in [-0.39, 0.29) is 54.0 Å². The van der Waals surface area contributed by atoms with Crippen molar-refractivity contribution in [2.24, 2.45) is 11.8 Å². The van der Waals surface area contributed by atoms with Crippen LogP contribution >= 0.6 is 0 Å². The molecule has 3 N–H and O–H groups in total. The number of methoxy groups -OCH3 is 1.